The molecule has 0 saturated heterocycles. The first-order valence-electron chi connectivity index (χ1n) is 9.23. The average Bonchev–Trinajstić information content (AvgIpc) is 2.71. The molecule has 2 aromatic rings. The SMILES string of the molecule is COc1ccc(-c2ccn(CCC(C)(C(=O)N(O)OP(=O)(O)O)S(C)(=O)=O)c(=O)c2)c(F)c1F. The van der Waals surface area contributed by atoms with Crippen molar-refractivity contribution >= 4 is 23.6 Å². The molecule has 0 radical (unpaired) electrons. The van der Waals surface area contributed by atoms with Crippen molar-refractivity contribution in [2.75, 3.05) is 13.4 Å². The van der Waals surface area contributed by atoms with Gasteiger partial charge in [0.1, 0.15) is 0 Å². The molecule has 12 nitrogen and oxygen atoms in total. The zero-order valence-electron chi connectivity index (χ0n) is 18.0. The number of amides is 1. The topological polar surface area (TPSA) is 173 Å². The summed E-state index contributed by atoms with van der Waals surface area (Å²) >= 11 is 0. The number of benzene rings is 1. The van der Waals surface area contributed by atoms with Crippen molar-refractivity contribution < 1.29 is 50.9 Å². The monoisotopic (exact) mass is 526 g/mol. The minimum atomic E-state index is -5.39. The van der Waals surface area contributed by atoms with E-state index in [4.69, 9.17) is 9.79 Å². The van der Waals surface area contributed by atoms with Crippen LogP contribution in [0, 0.1) is 11.6 Å². The Morgan fingerprint density at radius 3 is 2.35 bits per heavy atom. The van der Waals surface area contributed by atoms with Crippen molar-refractivity contribution in [1.29, 1.82) is 0 Å². The van der Waals surface area contributed by atoms with E-state index in [-0.39, 0.29) is 16.9 Å². The predicted octanol–water partition coefficient (Wildman–Crippen LogP) is 1.24. The summed E-state index contributed by atoms with van der Waals surface area (Å²) in [5, 5.41) is 8.65. The van der Waals surface area contributed by atoms with Crippen LogP contribution in [0.3, 0.4) is 0 Å². The number of aryl methyl sites for hydroxylation is 1. The predicted molar refractivity (Wildman–Crippen MR) is 112 cm³/mol. The van der Waals surface area contributed by atoms with Crippen LogP contribution in [-0.2, 0) is 30.4 Å². The number of methoxy groups -OCH3 is 1. The Kier molecular flexibility index (Phi) is 8.02. The molecule has 188 valence electrons. The summed E-state index contributed by atoms with van der Waals surface area (Å²) in [4.78, 5) is 42.3. The number of hydroxylamine groups is 2. The highest BCUT2D eigenvalue weighted by atomic mass is 32.2. The highest BCUT2D eigenvalue weighted by molar-refractivity contribution is 7.92. The van der Waals surface area contributed by atoms with E-state index in [0.29, 0.717) is 6.26 Å². The molecule has 0 aliphatic rings. The molecule has 0 bridgehead atoms. The van der Waals surface area contributed by atoms with Crippen molar-refractivity contribution in [1.82, 2.24) is 9.79 Å². The Labute approximate surface area is 192 Å². The highest BCUT2D eigenvalue weighted by Crippen LogP contribution is 2.38. The minimum absolute atomic E-state index is 0.0128. The first-order valence-corrected chi connectivity index (χ1v) is 12.6. The van der Waals surface area contributed by atoms with Gasteiger partial charge in [-0.3, -0.25) is 14.8 Å². The van der Waals surface area contributed by atoms with E-state index >= 15 is 0 Å². The first-order chi connectivity index (χ1) is 15.5. The smallest absolute Gasteiger partial charge is 0.493 e. The fourth-order valence-electron chi connectivity index (χ4n) is 2.90. The molecule has 0 aliphatic carbocycles. The van der Waals surface area contributed by atoms with Crippen molar-refractivity contribution in [3.8, 4) is 16.9 Å². The lowest BCUT2D eigenvalue weighted by atomic mass is 10.0. The number of phosphoric acid groups is 1. The van der Waals surface area contributed by atoms with Gasteiger partial charge in [0.2, 0.25) is 5.82 Å². The normalized spacial score (nSPS) is 13.9. The number of aromatic nitrogens is 1. The summed E-state index contributed by atoms with van der Waals surface area (Å²) < 4.78 is 70.5. The van der Waals surface area contributed by atoms with Crippen molar-refractivity contribution in [2.24, 2.45) is 0 Å². The second-order valence-corrected chi connectivity index (χ2v) is 10.9. The van der Waals surface area contributed by atoms with Gasteiger partial charge in [0, 0.05) is 30.6 Å². The van der Waals surface area contributed by atoms with Gasteiger partial charge in [-0.15, -0.1) is 4.62 Å². The van der Waals surface area contributed by atoms with Gasteiger partial charge >= 0.3 is 7.82 Å². The van der Waals surface area contributed by atoms with Crippen LogP contribution in [0.5, 0.6) is 5.75 Å². The van der Waals surface area contributed by atoms with E-state index in [9.17, 15) is 36.6 Å². The maximum atomic E-state index is 14.3. The van der Waals surface area contributed by atoms with E-state index in [1.165, 1.54) is 18.2 Å². The Morgan fingerprint density at radius 1 is 1.24 bits per heavy atom. The number of carbonyl (C=O) groups excluding carboxylic acids is 1. The lowest BCUT2D eigenvalue weighted by molar-refractivity contribution is -0.274. The number of hydrogen-bond acceptors (Lipinski definition) is 8. The molecular formula is C18H21F2N2O10PS. The lowest BCUT2D eigenvalue weighted by Crippen LogP contribution is -2.51. The third-order valence-corrected chi connectivity index (χ3v) is 7.41. The zero-order valence-corrected chi connectivity index (χ0v) is 19.7. The van der Waals surface area contributed by atoms with Crippen LogP contribution in [0.15, 0.2) is 35.3 Å². The third kappa shape index (κ3) is 5.87. The van der Waals surface area contributed by atoms with Gasteiger partial charge in [-0.25, -0.2) is 17.4 Å². The summed E-state index contributed by atoms with van der Waals surface area (Å²) in [5.74, 6) is -4.55. The fourth-order valence-corrected chi connectivity index (χ4v) is 4.03. The molecule has 3 N–H and O–H groups in total. The first kappa shape index (κ1) is 27.6. The average molecular weight is 526 g/mol. The van der Waals surface area contributed by atoms with Crippen LogP contribution < -0.4 is 10.3 Å². The Balaban J connectivity index is 2.34. The highest BCUT2D eigenvalue weighted by Gasteiger charge is 2.47. The van der Waals surface area contributed by atoms with Crippen molar-refractivity contribution in [3.05, 3.63) is 52.5 Å². The zero-order chi connectivity index (χ0) is 26.1. The molecule has 34 heavy (non-hydrogen) atoms. The molecule has 0 saturated carbocycles. The number of ether oxygens (including phenoxy) is 1. The molecule has 1 atom stereocenters. The van der Waals surface area contributed by atoms with Crippen molar-refractivity contribution in [3.63, 3.8) is 0 Å². The summed E-state index contributed by atoms with van der Waals surface area (Å²) in [6, 6.07) is 4.58. The standard InChI is InChI=1S/C18H21F2N2O10PS/c1-18(34(3,29)30,17(24)22(25)32-33(26,27)28)7-9-21-8-6-11(10-14(21)23)12-4-5-13(31-2)16(20)15(12)19/h4-6,8,10,25H,7,9H2,1-3H3,(H2,26,27,28). The second kappa shape index (κ2) is 9.90. The molecule has 1 aromatic carbocycles. The Morgan fingerprint density at radius 2 is 1.85 bits per heavy atom. The van der Waals surface area contributed by atoms with Crippen molar-refractivity contribution in [2.45, 2.75) is 24.6 Å². The number of halogens is 2. The number of sulfone groups is 1. The van der Waals surface area contributed by atoms with Gasteiger partial charge < -0.3 is 19.1 Å². The summed E-state index contributed by atoms with van der Waals surface area (Å²) in [7, 11) is -8.55. The Bertz CT molecular complexity index is 1310. The minimum Gasteiger partial charge on any atom is -0.494 e. The van der Waals surface area contributed by atoms with E-state index < -0.39 is 63.7 Å². The molecule has 16 heteroatoms. The molecule has 1 unspecified atom stereocenters. The molecule has 0 fully saturated rings. The van der Waals surface area contributed by atoms with Gasteiger partial charge in [-0.05, 0) is 37.1 Å². The van der Waals surface area contributed by atoms with Crippen LogP contribution in [0.2, 0.25) is 0 Å². The van der Waals surface area contributed by atoms with E-state index in [1.54, 1.807) is 0 Å². The number of pyridine rings is 1. The van der Waals surface area contributed by atoms with Crippen LogP contribution in [0.4, 0.5) is 8.78 Å². The summed E-state index contributed by atoms with van der Waals surface area (Å²) in [6.07, 6.45) is 1.16. The molecule has 0 aliphatic heterocycles. The van der Waals surface area contributed by atoms with E-state index in [2.05, 4.69) is 9.36 Å². The van der Waals surface area contributed by atoms with Gasteiger partial charge in [0.05, 0.1) is 7.11 Å². The molecule has 1 aromatic heterocycles. The summed E-state index contributed by atoms with van der Waals surface area (Å²) in [6.45, 7) is 0.448. The van der Waals surface area contributed by atoms with Crippen LogP contribution in [0.25, 0.3) is 11.1 Å². The van der Waals surface area contributed by atoms with Crippen LogP contribution >= 0.6 is 7.82 Å². The molecular weight excluding hydrogens is 505 g/mol. The largest absolute Gasteiger partial charge is 0.494 e. The molecule has 2 rings (SSSR count). The van der Waals surface area contributed by atoms with Crippen LogP contribution in [-0.4, -0.2) is 57.2 Å². The quantitative estimate of drug-likeness (QED) is 0.245. The fraction of sp³-hybridized carbons (Fsp3) is 0.333. The van der Waals surface area contributed by atoms with E-state index in [0.717, 1.165) is 30.9 Å². The lowest BCUT2D eigenvalue weighted by Gasteiger charge is -2.29. The second-order valence-electron chi connectivity index (χ2n) is 7.29. The maximum Gasteiger partial charge on any atom is 0.493 e. The number of nitrogens with zero attached hydrogens (tertiary/aromatic N) is 2. The molecule has 1 amide bonds. The molecule has 1 heterocycles. The number of hydrogen-bond donors (Lipinski definition) is 3. The third-order valence-electron chi connectivity index (χ3n) is 5.03. The van der Waals surface area contributed by atoms with E-state index in [1.807, 2.05) is 0 Å². The molecule has 0 spiro atoms. The van der Waals surface area contributed by atoms with Gasteiger partial charge in [0.25, 0.3) is 11.5 Å². The maximum absolute atomic E-state index is 14.3. The van der Waals surface area contributed by atoms with Crippen LogP contribution in [0.1, 0.15) is 13.3 Å². The number of carbonyl (C=O) groups is 1. The van der Waals surface area contributed by atoms with Gasteiger partial charge in [-0.2, -0.15) is 4.39 Å². The van der Waals surface area contributed by atoms with Gasteiger partial charge in [0.15, 0.2) is 26.2 Å². The number of rotatable bonds is 9. The summed E-state index contributed by atoms with van der Waals surface area (Å²) in [5.41, 5.74) is -0.980. The Hall–Kier alpha value is -2.68. The van der Waals surface area contributed by atoms with Gasteiger partial charge in [-0.1, -0.05) is 5.23 Å².